The van der Waals surface area contributed by atoms with Crippen LogP contribution in [0, 0.1) is 0 Å². The highest BCUT2D eigenvalue weighted by Crippen LogP contribution is 2.25. The first-order chi connectivity index (χ1) is 12.6. The Morgan fingerprint density at radius 2 is 1.81 bits per heavy atom. The van der Waals surface area contributed by atoms with Crippen molar-refractivity contribution in [3.05, 3.63) is 88.1 Å². The van der Waals surface area contributed by atoms with Crippen molar-refractivity contribution < 1.29 is 9.59 Å². The summed E-state index contributed by atoms with van der Waals surface area (Å²) in [6, 6.07) is 20.9. The van der Waals surface area contributed by atoms with Crippen LogP contribution >= 0.6 is 11.3 Å². The van der Waals surface area contributed by atoms with E-state index in [1.165, 1.54) is 6.92 Å². The maximum Gasteiger partial charge on any atom is 0.240 e. The van der Waals surface area contributed by atoms with Crippen molar-refractivity contribution in [1.82, 2.24) is 5.32 Å². The summed E-state index contributed by atoms with van der Waals surface area (Å²) in [5.74, 6) is -0.111. The van der Waals surface area contributed by atoms with E-state index in [2.05, 4.69) is 10.6 Å². The molecule has 0 saturated heterocycles. The van der Waals surface area contributed by atoms with Gasteiger partial charge in [0.05, 0.1) is 12.6 Å². The number of Topliss-reactive ketones (excluding diaryl/α,β-unsaturated/α-hetero) is 1. The molecule has 0 spiro atoms. The van der Waals surface area contributed by atoms with E-state index < -0.39 is 0 Å². The lowest BCUT2D eigenvalue weighted by Crippen LogP contribution is -2.33. The number of hydrogen-bond acceptors (Lipinski definition) is 4. The van der Waals surface area contributed by atoms with Crippen LogP contribution in [0.2, 0.25) is 0 Å². The zero-order chi connectivity index (χ0) is 18.4. The normalized spacial score (nSPS) is 11.6. The summed E-state index contributed by atoms with van der Waals surface area (Å²) in [6.07, 6.45) is 0. The molecule has 0 aliphatic rings. The fourth-order valence-corrected chi connectivity index (χ4v) is 3.46. The number of nitrogens with one attached hydrogen (secondary N) is 2. The first-order valence-electron chi connectivity index (χ1n) is 8.36. The smallest absolute Gasteiger partial charge is 0.240 e. The van der Waals surface area contributed by atoms with Gasteiger partial charge < -0.3 is 10.6 Å². The summed E-state index contributed by atoms with van der Waals surface area (Å²) >= 11 is 1.61. The number of carbonyl (C=O) groups is 2. The molecule has 0 fully saturated rings. The molecule has 1 aromatic heterocycles. The van der Waals surface area contributed by atoms with Gasteiger partial charge in [0, 0.05) is 16.1 Å². The summed E-state index contributed by atoms with van der Waals surface area (Å²) < 4.78 is 0. The Kier molecular flexibility index (Phi) is 5.81. The van der Waals surface area contributed by atoms with Gasteiger partial charge in [-0.05, 0) is 36.1 Å². The van der Waals surface area contributed by atoms with Crippen LogP contribution in [0.3, 0.4) is 0 Å². The van der Waals surface area contributed by atoms with Crippen molar-refractivity contribution in [2.45, 2.75) is 13.0 Å². The van der Waals surface area contributed by atoms with E-state index in [9.17, 15) is 9.59 Å². The van der Waals surface area contributed by atoms with Crippen LogP contribution in [-0.4, -0.2) is 18.2 Å². The van der Waals surface area contributed by atoms with E-state index in [1.807, 2.05) is 53.9 Å². The number of ketones is 1. The molecule has 2 aromatic carbocycles. The minimum absolute atomic E-state index is 0.0000569. The van der Waals surface area contributed by atoms with Crippen LogP contribution in [0.4, 0.5) is 5.69 Å². The third-order valence-electron chi connectivity index (χ3n) is 3.99. The number of carbonyl (C=O) groups excluding carboxylic acids is 2. The zero-order valence-corrected chi connectivity index (χ0v) is 15.3. The van der Waals surface area contributed by atoms with Gasteiger partial charge >= 0.3 is 0 Å². The molecule has 0 unspecified atom stereocenters. The molecule has 0 radical (unpaired) electrons. The van der Waals surface area contributed by atoms with E-state index >= 15 is 0 Å². The molecule has 26 heavy (non-hydrogen) atoms. The lowest BCUT2D eigenvalue weighted by atomic mass is 10.1. The predicted octanol–water partition coefficient (Wildman–Crippen LogP) is 4.27. The lowest BCUT2D eigenvalue weighted by Gasteiger charge is -2.18. The highest BCUT2D eigenvalue weighted by atomic mass is 32.1. The highest BCUT2D eigenvalue weighted by molar-refractivity contribution is 7.10. The van der Waals surface area contributed by atoms with E-state index in [-0.39, 0.29) is 24.3 Å². The molecular weight excluding hydrogens is 344 g/mol. The third kappa shape index (κ3) is 4.58. The molecule has 3 rings (SSSR count). The Labute approximate surface area is 156 Å². The second-order valence-corrected chi connectivity index (χ2v) is 6.90. The minimum atomic E-state index is -0.172. The van der Waals surface area contributed by atoms with Gasteiger partial charge in [-0.2, -0.15) is 0 Å². The molecule has 1 amide bonds. The fraction of sp³-hybridized carbons (Fsp3) is 0.143. The van der Waals surface area contributed by atoms with Crippen LogP contribution in [0.15, 0.2) is 72.1 Å². The van der Waals surface area contributed by atoms with Crippen molar-refractivity contribution in [1.29, 1.82) is 0 Å². The highest BCUT2D eigenvalue weighted by Gasteiger charge is 2.17. The number of rotatable bonds is 7. The number of hydrogen-bond donors (Lipinski definition) is 2. The number of amides is 1. The van der Waals surface area contributed by atoms with Gasteiger partial charge in [0.1, 0.15) is 0 Å². The largest absolute Gasteiger partial charge is 0.376 e. The Morgan fingerprint density at radius 3 is 2.50 bits per heavy atom. The fourth-order valence-electron chi connectivity index (χ4n) is 2.66. The Morgan fingerprint density at radius 1 is 1.00 bits per heavy atom. The molecule has 2 N–H and O–H groups in total. The molecule has 132 valence electrons. The van der Waals surface area contributed by atoms with E-state index in [0.717, 1.165) is 16.1 Å². The molecule has 4 nitrogen and oxygen atoms in total. The first kappa shape index (κ1) is 17.9. The lowest BCUT2D eigenvalue weighted by molar-refractivity contribution is -0.119. The monoisotopic (exact) mass is 364 g/mol. The quantitative estimate of drug-likeness (QED) is 0.616. The third-order valence-corrected chi connectivity index (χ3v) is 4.93. The van der Waals surface area contributed by atoms with Gasteiger partial charge in [-0.15, -0.1) is 11.3 Å². The van der Waals surface area contributed by atoms with Crippen molar-refractivity contribution >= 4 is 28.7 Å². The number of thiophene rings is 1. The molecule has 0 aliphatic heterocycles. The van der Waals surface area contributed by atoms with Crippen molar-refractivity contribution in [3.63, 3.8) is 0 Å². The van der Waals surface area contributed by atoms with Crippen LogP contribution in [-0.2, 0) is 4.79 Å². The molecule has 0 bridgehead atoms. The second kappa shape index (κ2) is 8.45. The summed E-state index contributed by atoms with van der Waals surface area (Å²) in [5, 5.41) is 8.17. The van der Waals surface area contributed by atoms with Gasteiger partial charge in [0.25, 0.3) is 0 Å². The van der Waals surface area contributed by atoms with Gasteiger partial charge in [-0.25, -0.2) is 0 Å². The molecule has 3 aromatic rings. The Balaban J connectivity index is 1.67. The molecule has 5 heteroatoms. The summed E-state index contributed by atoms with van der Waals surface area (Å²) in [7, 11) is 0. The number of benzene rings is 2. The maximum absolute atomic E-state index is 12.5. The van der Waals surface area contributed by atoms with Crippen LogP contribution in [0.5, 0.6) is 0 Å². The van der Waals surface area contributed by atoms with Gasteiger partial charge in [-0.3, -0.25) is 9.59 Å². The summed E-state index contributed by atoms with van der Waals surface area (Å²) in [4.78, 5) is 25.0. The zero-order valence-electron chi connectivity index (χ0n) is 14.4. The standard InChI is InChI=1S/C21H20N2O2S/c1-15(24)17-9-5-10-18(13-17)22-14-20(25)23-21(19-11-6-12-26-19)16-7-3-2-4-8-16/h2-13,21-22H,14H2,1H3,(H,23,25)/t21-/m1/s1. The molecular formula is C21H20N2O2S. The molecule has 0 saturated carbocycles. The van der Waals surface area contributed by atoms with Crippen molar-refractivity contribution in [2.75, 3.05) is 11.9 Å². The van der Waals surface area contributed by atoms with E-state index in [0.29, 0.717) is 5.56 Å². The number of anilines is 1. The summed E-state index contributed by atoms with van der Waals surface area (Å²) in [5.41, 5.74) is 2.42. The average Bonchev–Trinajstić information content (AvgIpc) is 3.20. The molecule has 1 heterocycles. The Hall–Kier alpha value is -2.92. The average molecular weight is 364 g/mol. The van der Waals surface area contributed by atoms with Crippen molar-refractivity contribution in [3.8, 4) is 0 Å². The van der Waals surface area contributed by atoms with Crippen LogP contribution < -0.4 is 10.6 Å². The molecule has 1 atom stereocenters. The second-order valence-electron chi connectivity index (χ2n) is 5.92. The topological polar surface area (TPSA) is 58.2 Å². The molecule has 0 aliphatic carbocycles. The van der Waals surface area contributed by atoms with Crippen LogP contribution in [0.1, 0.15) is 33.8 Å². The summed E-state index contributed by atoms with van der Waals surface area (Å²) in [6.45, 7) is 1.66. The van der Waals surface area contributed by atoms with Gasteiger partial charge in [0.2, 0.25) is 5.91 Å². The maximum atomic E-state index is 12.5. The van der Waals surface area contributed by atoms with E-state index in [1.54, 1.807) is 29.5 Å². The van der Waals surface area contributed by atoms with Crippen molar-refractivity contribution in [2.24, 2.45) is 0 Å². The predicted molar refractivity (Wildman–Crippen MR) is 106 cm³/mol. The first-order valence-corrected chi connectivity index (χ1v) is 9.24. The van der Waals surface area contributed by atoms with E-state index in [4.69, 9.17) is 0 Å². The van der Waals surface area contributed by atoms with Gasteiger partial charge in [0.15, 0.2) is 5.78 Å². The van der Waals surface area contributed by atoms with Gasteiger partial charge in [-0.1, -0.05) is 48.5 Å². The van der Waals surface area contributed by atoms with Crippen LogP contribution in [0.25, 0.3) is 0 Å². The minimum Gasteiger partial charge on any atom is -0.376 e. The Bertz CT molecular complexity index is 876. The SMILES string of the molecule is CC(=O)c1cccc(NCC(=O)N[C@H](c2ccccc2)c2cccs2)c1.